The molecule has 8 nitrogen and oxygen atoms in total. The monoisotopic (exact) mass is 402 g/mol. The lowest BCUT2D eigenvalue weighted by atomic mass is 10.1. The molecule has 3 aromatic heterocycles. The van der Waals surface area contributed by atoms with Crippen LogP contribution in [0.2, 0.25) is 0 Å². The molecule has 4 rings (SSSR count). The molecule has 1 N–H and O–H groups in total. The number of imidazole rings is 1. The topological polar surface area (TPSA) is 98.7 Å². The van der Waals surface area contributed by atoms with Crippen molar-refractivity contribution >= 4 is 5.91 Å². The van der Waals surface area contributed by atoms with Gasteiger partial charge >= 0.3 is 0 Å². The highest BCUT2D eigenvalue weighted by molar-refractivity contribution is 5.92. The van der Waals surface area contributed by atoms with Gasteiger partial charge in [0.15, 0.2) is 5.82 Å². The van der Waals surface area contributed by atoms with Crippen molar-refractivity contribution in [3.8, 4) is 17.3 Å². The number of hydrogen-bond donors (Lipinski definition) is 1. The lowest BCUT2D eigenvalue weighted by Gasteiger charge is -2.12. The Balaban J connectivity index is 1.40. The van der Waals surface area contributed by atoms with E-state index < -0.39 is 0 Å². The number of aryl methyl sites for hydroxylation is 2. The Labute approximate surface area is 174 Å². The molecule has 152 valence electrons. The number of pyridine rings is 1. The summed E-state index contributed by atoms with van der Waals surface area (Å²) in [5, 5.41) is 6.81. The second kappa shape index (κ2) is 8.69. The minimum absolute atomic E-state index is 0.0325. The third kappa shape index (κ3) is 4.60. The van der Waals surface area contributed by atoms with Gasteiger partial charge in [-0.25, -0.2) is 9.97 Å². The minimum Gasteiger partial charge on any atom is -0.348 e. The molecule has 0 aliphatic rings. The van der Waals surface area contributed by atoms with Crippen LogP contribution in [0.5, 0.6) is 0 Å². The SMILES string of the molecule is Cc1noc(-c2ccnc(-n3cnc(C(=O)N[C@@H](C)CCc4ccccc4)c3)c2)n1. The zero-order chi connectivity index (χ0) is 20.9. The number of rotatable bonds is 7. The van der Waals surface area contributed by atoms with E-state index in [9.17, 15) is 4.79 Å². The molecule has 0 aliphatic heterocycles. The van der Waals surface area contributed by atoms with Crippen LogP contribution in [-0.2, 0) is 6.42 Å². The van der Waals surface area contributed by atoms with Crippen LogP contribution in [0.4, 0.5) is 0 Å². The van der Waals surface area contributed by atoms with Crippen molar-refractivity contribution in [2.45, 2.75) is 32.7 Å². The summed E-state index contributed by atoms with van der Waals surface area (Å²) >= 11 is 0. The number of nitrogens with one attached hydrogen (secondary N) is 1. The largest absolute Gasteiger partial charge is 0.348 e. The zero-order valence-electron chi connectivity index (χ0n) is 16.8. The zero-order valence-corrected chi connectivity index (χ0v) is 16.8. The molecular formula is C22H22N6O2. The first-order valence-corrected chi connectivity index (χ1v) is 9.74. The molecule has 4 aromatic rings. The van der Waals surface area contributed by atoms with Crippen LogP contribution in [0.1, 0.15) is 35.2 Å². The Morgan fingerprint density at radius 3 is 2.80 bits per heavy atom. The van der Waals surface area contributed by atoms with Gasteiger partial charge in [0.2, 0.25) is 0 Å². The lowest BCUT2D eigenvalue weighted by Crippen LogP contribution is -2.33. The molecule has 0 unspecified atom stereocenters. The Bertz CT molecular complexity index is 1140. The number of benzene rings is 1. The van der Waals surface area contributed by atoms with Gasteiger partial charge in [0.1, 0.15) is 17.8 Å². The molecule has 0 bridgehead atoms. The van der Waals surface area contributed by atoms with Crippen LogP contribution in [-0.4, -0.2) is 36.6 Å². The van der Waals surface area contributed by atoms with Crippen molar-refractivity contribution in [1.29, 1.82) is 0 Å². The van der Waals surface area contributed by atoms with Crippen molar-refractivity contribution in [3.05, 3.63) is 78.3 Å². The van der Waals surface area contributed by atoms with Gasteiger partial charge in [0.05, 0.1) is 0 Å². The summed E-state index contributed by atoms with van der Waals surface area (Å²) in [5.41, 5.74) is 2.34. The van der Waals surface area contributed by atoms with E-state index in [0.29, 0.717) is 23.2 Å². The Kier molecular flexibility index (Phi) is 5.65. The number of carbonyl (C=O) groups excluding carboxylic acids is 1. The highest BCUT2D eigenvalue weighted by Crippen LogP contribution is 2.19. The summed E-state index contributed by atoms with van der Waals surface area (Å²) < 4.78 is 6.90. The quantitative estimate of drug-likeness (QED) is 0.509. The molecule has 3 heterocycles. The van der Waals surface area contributed by atoms with Gasteiger partial charge < -0.3 is 9.84 Å². The van der Waals surface area contributed by atoms with Crippen LogP contribution in [0.3, 0.4) is 0 Å². The second-order valence-corrected chi connectivity index (χ2v) is 7.11. The summed E-state index contributed by atoms with van der Waals surface area (Å²) in [4.78, 5) is 25.4. The maximum absolute atomic E-state index is 12.6. The number of carbonyl (C=O) groups is 1. The van der Waals surface area contributed by atoms with E-state index >= 15 is 0 Å². The van der Waals surface area contributed by atoms with Crippen molar-refractivity contribution < 1.29 is 9.32 Å². The number of hydrogen-bond acceptors (Lipinski definition) is 6. The Morgan fingerprint density at radius 2 is 2.03 bits per heavy atom. The maximum Gasteiger partial charge on any atom is 0.271 e. The average molecular weight is 402 g/mol. The van der Waals surface area contributed by atoms with Gasteiger partial charge in [-0.2, -0.15) is 4.98 Å². The van der Waals surface area contributed by atoms with E-state index in [4.69, 9.17) is 4.52 Å². The summed E-state index contributed by atoms with van der Waals surface area (Å²) in [5.74, 6) is 1.37. The summed E-state index contributed by atoms with van der Waals surface area (Å²) in [6.07, 6.45) is 6.63. The summed E-state index contributed by atoms with van der Waals surface area (Å²) in [6, 6.07) is 13.8. The highest BCUT2D eigenvalue weighted by Gasteiger charge is 2.14. The third-order valence-electron chi connectivity index (χ3n) is 4.69. The first-order valence-electron chi connectivity index (χ1n) is 9.74. The molecule has 30 heavy (non-hydrogen) atoms. The Hall–Kier alpha value is -3.81. The number of aromatic nitrogens is 5. The highest BCUT2D eigenvalue weighted by atomic mass is 16.5. The molecule has 0 saturated carbocycles. The van der Waals surface area contributed by atoms with E-state index in [2.05, 4.69) is 37.6 Å². The van der Waals surface area contributed by atoms with E-state index in [1.165, 1.54) is 5.56 Å². The molecule has 1 amide bonds. The van der Waals surface area contributed by atoms with Crippen LogP contribution in [0.25, 0.3) is 17.3 Å². The van der Waals surface area contributed by atoms with Crippen molar-refractivity contribution in [1.82, 2.24) is 30.0 Å². The van der Waals surface area contributed by atoms with Crippen LogP contribution in [0, 0.1) is 6.92 Å². The average Bonchev–Trinajstić information content (AvgIpc) is 3.43. The van der Waals surface area contributed by atoms with Crippen molar-refractivity contribution in [2.75, 3.05) is 0 Å². The molecule has 8 heteroatoms. The number of amides is 1. The minimum atomic E-state index is -0.210. The lowest BCUT2D eigenvalue weighted by molar-refractivity contribution is 0.0934. The van der Waals surface area contributed by atoms with Gasteiger partial charge in [-0.05, 0) is 44.4 Å². The Morgan fingerprint density at radius 1 is 1.20 bits per heavy atom. The predicted molar refractivity (Wildman–Crippen MR) is 111 cm³/mol. The van der Waals surface area contributed by atoms with E-state index in [-0.39, 0.29) is 11.9 Å². The van der Waals surface area contributed by atoms with Gasteiger partial charge in [0.25, 0.3) is 11.8 Å². The molecule has 1 atom stereocenters. The smallest absolute Gasteiger partial charge is 0.271 e. The fraction of sp³-hybridized carbons (Fsp3) is 0.227. The van der Waals surface area contributed by atoms with Gasteiger partial charge in [-0.3, -0.25) is 9.36 Å². The molecular weight excluding hydrogens is 380 g/mol. The molecule has 1 aromatic carbocycles. The summed E-state index contributed by atoms with van der Waals surface area (Å²) in [6.45, 7) is 3.76. The molecule has 0 aliphatic carbocycles. The number of nitrogens with zero attached hydrogens (tertiary/aromatic N) is 5. The first-order chi connectivity index (χ1) is 14.6. The van der Waals surface area contributed by atoms with Crippen LogP contribution in [0.15, 0.2) is 65.7 Å². The van der Waals surface area contributed by atoms with E-state index in [1.54, 1.807) is 42.3 Å². The molecule has 0 spiro atoms. The van der Waals surface area contributed by atoms with Crippen LogP contribution >= 0.6 is 0 Å². The van der Waals surface area contributed by atoms with Crippen molar-refractivity contribution in [3.63, 3.8) is 0 Å². The predicted octanol–water partition coefficient (Wildman–Crippen LogP) is 3.38. The van der Waals surface area contributed by atoms with Gasteiger partial charge in [0, 0.05) is 24.0 Å². The first kappa shape index (κ1) is 19.5. The maximum atomic E-state index is 12.6. The molecule has 0 saturated heterocycles. The molecule has 0 radical (unpaired) electrons. The second-order valence-electron chi connectivity index (χ2n) is 7.11. The van der Waals surface area contributed by atoms with E-state index in [0.717, 1.165) is 18.4 Å². The normalized spacial score (nSPS) is 11.9. The van der Waals surface area contributed by atoms with Crippen LogP contribution < -0.4 is 5.32 Å². The van der Waals surface area contributed by atoms with Crippen molar-refractivity contribution in [2.24, 2.45) is 0 Å². The molecule has 0 fully saturated rings. The fourth-order valence-electron chi connectivity index (χ4n) is 3.07. The third-order valence-corrected chi connectivity index (χ3v) is 4.69. The van der Waals surface area contributed by atoms with E-state index in [1.807, 2.05) is 25.1 Å². The fourth-order valence-corrected chi connectivity index (χ4v) is 3.07. The summed E-state index contributed by atoms with van der Waals surface area (Å²) in [7, 11) is 0. The standard InChI is InChI=1S/C22H22N6O2/c1-15(8-9-17-6-4-3-5-7-17)25-21(29)19-13-28(14-24-19)20-12-18(10-11-23-20)22-26-16(2)27-30-22/h3-7,10-15H,8-9H2,1-2H3,(H,25,29)/t15-/m0/s1. The van der Waals surface area contributed by atoms with Gasteiger partial charge in [-0.15, -0.1) is 0 Å². The van der Waals surface area contributed by atoms with Gasteiger partial charge in [-0.1, -0.05) is 35.5 Å².